The highest BCUT2D eigenvalue weighted by Gasteiger charge is 2.24. The number of fused-ring (bicyclic) bond motifs is 2. The van der Waals surface area contributed by atoms with Gasteiger partial charge < -0.3 is 15.8 Å². The van der Waals surface area contributed by atoms with Crippen molar-refractivity contribution in [3.8, 4) is 5.75 Å². The van der Waals surface area contributed by atoms with Crippen LogP contribution >= 0.6 is 15.9 Å². The molecule has 35 heavy (non-hydrogen) atoms. The molecular formula is C26H21BrN6O2. The summed E-state index contributed by atoms with van der Waals surface area (Å²) in [5.41, 5.74) is 10.6. The number of nitrogen functional groups attached to an aromatic ring is 1. The number of hydrogen-bond acceptors (Lipinski definition) is 6. The number of benzene rings is 3. The molecule has 0 bridgehead atoms. The molecule has 0 aliphatic rings. The third-order valence-corrected chi connectivity index (χ3v) is 5.98. The lowest BCUT2D eigenvalue weighted by Gasteiger charge is -2.06. The van der Waals surface area contributed by atoms with E-state index >= 15 is 0 Å². The van der Waals surface area contributed by atoms with Gasteiger partial charge in [0.2, 0.25) is 0 Å². The maximum absolute atomic E-state index is 13.3. The van der Waals surface area contributed by atoms with Gasteiger partial charge in [-0.1, -0.05) is 52.3 Å². The lowest BCUT2D eigenvalue weighted by Crippen LogP contribution is -2.23. The first-order valence-electron chi connectivity index (χ1n) is 10.8. The normalized spacial score (nSPS) is 11.4. The average molecular weight is 529 g/mol. The molecule has 174 valence electrons. The number of nitrogens with two attached hydrogens (primary N) is 1. The van der Waals surface area contributed by atoms with Crippen molar-refractivity contribution in [2.75, 3.05) is 12.8 Å². The van der Waals surface area contributed by atoms with Crippen LogP contribution in [0.15, 0.2) is 82.4 Å². The number of nitrogens with zero attached hydrogens (tertiary/aromatic N) is 4. The largest absolute Gasteiger partial charge is 0.497 e. The smallest absolute Gasteiger partial charge is 0.257 e. The molecule has 0 saturated heterocycles. The first kappa shape index (κ1) is 22.5. The maximum Gasteiger partial charge on any atom is 0.257 e. The quantitative estimate of drug-likeness (QED) is 0.309. The van der Waals surface area contributed by atoms with Gasteiger partial charge in [-0.05, 0) is 47.5 Å². The Morgan fingerprint density at radius 3 is 2.54 bits per heavy atom. The number of hydrogen-bond donors (Lipinski definition) is 2. The topological polar surface area (TPSA) is 107 Å². The van der Waals surface area contributed by atoms with Crippen LogP contribution in [-0.4, -0.2) is 33.9 Å². The predicted molar refractivity (Wildman–Crippen MR) is 141 cm³/mol. The highest BCUT2D eigenvalue weighted by atomic mass is 79.9. The molecule has 5 rings (SSSR count). The lowest BCUT2D eigenvalue weighted by molar-refractivity contribution is 0.0953. The van der Waals surface area contributed by atoms with E-state index in [2.05, 4.69) is 26.3 Å². The van der Waals surface area contributed by atoms with Crippen molar-refractivity contribution in [2.45, 2.75) is 6.54 Å². The SMILES string of the molecule is COc1ccc(CNC(=O)c2c(N)n(/N=C\c3cccc(Br)c3)c3nc4ccccc4nc23)cc1. The monoisotopic (exact) mass is 528 g/mol. The minimum Gasteiger partial charge on any atom is -0.497 e. The molecule has 1 amide bonds. The second-order valence-corrected chi connectivity index (χ2v) is 8.70. The van der Waals surface area contributed by atoms with Crippen molar-refractivity contribution >= 4 is 56.1 Å². The zero-order valence-electron chi connectivity index (χ0n) is 18.8. The number of anilines is 1. The number of carbonyl (C=O) groups is 1. The van der Waals surface area contributed by atoms with Gasteiger partial charge in [0, 0.05) is 11.0 Å². The zero-order valence-corrected chi connectivity index (χ0v) is 20.4. The highest BCUT2D eigenvalue weighted by Crippen LogP contribution is 2.28. The van der Waals surface area contributed by atoms with E-state index in [0.717, 1.165) is 21.3 Å². The summed E-state index contributed by atoms with van der Waals surface area (Å²) < 4.78 is 7.57. The van der Waals surface area contributed by atoms with Crippen LogP contribution in [0.1, 0.15) is 21.5 Å². The molecule has 0 unspecified atom stereocenters. The molecule has 0 atom stereocenters. The lowest BCUT2D eigenvalue weighted by atomic mass is 10.2. The van der Waals surface area contributed by atoms with Crippen molar-refractivity contribution in [1.82, 2.24) is 20.0 Å². The van der Waals surface area contributed by atoms with E-state index < -0.39 is 0 Å². The molecule has 0 fully saturated rings. The number of ether oxygens (including phenoxy) is 1. The maximum atomic E-state index is 13.3. The summed E-state index contributed by atoms with van der Waals surface area (Å²) in [7, 11) is 1.61. The summed E-state index contributed by atoms with van der Waals surface area (Å²) in [6, 6.07) is 22.6. The fourth-order valence-corrected chi connectivity index (χ4v) is 4.13. The van der Waals surface area contributed by atoms with Crippen molar-refractivity contribution in [2.24, 2.45) is 5.10 Å². The molecule has 0 aliphatic carbocycles. The Morgan fingerprint density at radius 1 is 1.09 bits per heavy atom. The van der Waals surface area contributed by atoms with Crippen molar-refractivity contribution in [3.63, 3.8) is 0 Å². The second-order valence-electron chi connectivity index (χ2n) is 7.79. The van der Waals surface area contributed by atoms with Crippen LogP contribution in [0.4, 0.5) is 5.82 Å². The second kappa shape index (κ2) is 9.55. The number of rotatable bonds is 6. The van der Waals surface area contributed by atoms with Crippen LogP contribution < -0.4 is 15.8 Å². The Labute approximate surface area is 209 Å². The molecule has 2 aromatic heterocycles. The third-order valence-electron chi connectivity index (χ3n) is 5.48. The highest BCUT2D eigenvalue weighted by molar-refractivity contribution is 9.10. The van der Waals surface area contributed by atoms with Gasteiger partial charge >= 0.3 is 0 Å². The molecule has 9 heteroatoms. The van der Waals surface area contributed by atoms with E-state index in [1.165, 1.54) is 4.68 Å². The van der Waals surface area contributed by atoms with Gasteiger partial charge in [0.05, 0.1) is 24.4 Å². The first-order chi connectivity index (χ1) is 17.0. The molecule has 3 aromatic carbocycles. The molecule has 5 aromatic rings. The Bertz CT molecular complexity index is 1580. The van der Waals surface area contributed by atoms with Gasteiger partial charge in [-0.25, -0.2) is 9.97 Å². The molecule has 0 saturated carbocycles. The Balaban J connectivity index is 1.55. The average Bonchev–Trinajstić information content (AvgIpc) is 3.15. The minimum absolute atomic E-state index is 0.161. The van der Waals surface area contributed by atoms with Crippen LogP contribution in [0.25, 0.3) is 22.2 Å². The van der Waals surface area contributed by atoms with E-state index in [9.17, 15) is 4.79 Å². The van der Waals surface area contributed by atoms with E-state index in [1.54, 1.807) is 13.3 Å². The molecule has 3 N–H and O–H groups in total. The van der Waals surface area contributed by atoms with Crippen molar-refractivity contribution < 1.29 is 9.53 Å². The number of methoxy groups -OCH3 is 1. The fourth-order valence-electron chi connectivity index (χ4n) is 3.71. The van der Waals surface area contributed by atoms with Gasteiger partial charge in [0.1, 0.15) is 22.6 Å². The van der Waals surface area contributed by atoms with Gasteiger partial charge in [-0.3, -0.25) is 4.79 Å². The van der Waals surface area contributed by atoms with E-state index in [1.807, 2.05) is 72.8 Å². The van der Waals surface area contributed by atoms with Crippen LogP contribution in [0.5, 0.6) is 5.75 Å². The van der Waals surface area contributed by atoms with Crippen molar-refractivity contribution in [1.29, 1.82) is 0 Å². The summed E-state index contributed by atoms with van der Waals surface area (Å²) in [4.78, 5) is 22.7. The fraction of sp³-hybridized carbons (Fsp3) is 0.0769. The number of para-hydroxylation sites is 2. The zero-order chi connectivity index (χ0) is 24.4. The Morgan fingerprint density at radius 2 is 1.83 bits per heavy atom. The molecule has 2 heterocycles. The van der Waals surface area contributed by atoms with Gasteiger partial charge in [-0.2, -0.15) is 9.78 Å². The number of amides is 1. The summed E-state index contributed by atoms with van der Waals surface area (Å²) in [6.45, 7) is 0.317. The predicted octanol–water partition coefficient (Wildman–Crippen LogP) is 4.75. The molecule has 0 aliphatic heterocycles. The summed E-state index contributed by atoms with van der Waals surface area (Å²) in [5.74, 6) is 0.552. The third kappa shape index (κ3) is 4.58. The molecule has 0 radical (unpaired) electrons. The van der Waals surface area contributed by atoms with E-state index in [4.69, 9.17) is 20.4 Å². The van der Waals surface area contributed by atoms with E-state index in [-0.39, 0.29) is 17.3 Å². The molecule has 8 nitrogen and oxygen atoms in total. The Kier molecular flexibility index (Phi) is 6.15. The van der Waals surface area contributed by atoms with Gasteiger partial charge in [0.15, 0.2) is 5.65 Å². The minimum atomic E-state index is -0.357. The number of nitrogens with one attached hydrogen (secondary N) is 1. The van der Waals surface area contributed by atoms with Gasteiger partial charge in [0.25, 0.3) is 5.91 Å². The standard InChI is InChI=1S/C26H21BrN6O2/c1-35-19-11-9-16(10-12-19)14-29-26(34)22-23-25(32-21-8-3-2-7-20(21)31-23)33(24(22)28)30-15-17-5-4-6-18(27)13-17/h2-13,15H,14,28H2,1H3,(H,29,34)/b30-15-. The van der Waals surface area contributed by atoms with E-state index in [0.29, 0.717) is 28.7 Å². The number of carbonyl (C=O) groups excluding carboxylic acids is 1. The first-order valence-corrected chi connectivity index (χ1v) is 11.6. The Hall–Kier alpha value is -4.24. The van der Waals surface area contributed by atoms with Crippen molar-refractivity contribution in [3.05, 3.63) is 94.0 Å². The number of aromatic nitrogens is 3. The molecular weight excluding hydrogens is 508 g/mol. The van der Waals surface area contributed by atoms with Crippen LogP contribution in [0, 0.1) is 0 Å². The van der Waals surface area contributed by atoms with Crippen LogP contribution in [0.3, 0.4) is 0 Å². The summed E-state index contributed by atoms with van der Waals surface area (Å²) >= 11 is 3.46. The van der Waals surface area contributed by atoms with Crippen LogP contribution in [-0.2, 0) is 6.54 Å². The molecule has 0 spiro atoms. The number of halogens is 1. The van der Waals surface area contributed by atoms with Crippen LogP contribution in [0.2, 0.25) is 0 Å². The van der Waals surface area contributed by atoms with Gasteiger partial charge in [-0.15, -0.1) is 0 Å². The summed E-state index contributed by atoms with van der Waals surface area (Å²) in [6.07, 6.45) is 1.66. The summed E-state index contributed by atoms with van der Waals surface area (Å²) in [5, 5.41) is 7.47.